The third-order valence-electron chi connectivity index (χ3n) is 3.31. The highest BCUT2D eigenvalue weighted by Crippen LogP contribution is 2.10. The van der Waals surface area contributed by atoms with Crippen LogP contribution in [0.5, 0.6) is 0 Å². The third kappa shape index (κ3) is 2.55. The van der Waals surface area contributed by atoms with Gasteiger partial charge in [-0.25, -0.2) is 4.79 Å². The Morgan fingerprint density at radius 3 is 2.44 bits per heavy atom. The van der Waals surface area contributed by atoms with E-state index in [9.17, 15) is 4.79 Å². The van der Waals surface area contributed by atoms with Gasteiger partial charge >= 0.3 is 5.69 Å². The monoisotopic (exact) mass is 244 g/mol. The maximum atomic E-state index is 12.0. The van der Waals surface area contributed by atoms with Gasteiger partial charge in [-0.05, 0) is 37.0 Å². The lowest BCUT2D eigenvalue weighted by Crippen LogP contribution is -2.24. The van der Waals surface area contributed by atoms with E-state index in [0.29, 0.717) is 6.54 Å². The highest BCUT2D eigenvalue weighted by Gasteiger charge is 2.04. The van der Waals surface area contributed by atoms with Crippen LogP contribution in [-0.4, -0.2) is 9.13 Å². The van der Waals surface area contributed by atoms with Gasteiger partial charge in [-0.1, -0.05) is 25.1 Å². The van der Waals surface area contributed by atoms with Gasteiger partial charge in [0.1, 0.15) is 0 Å². The molecular formula is C15H20N2O. The number of aryl methyl sites for hydroxylation is 3. The highest BCUT2D eigenvalue weighted by molar-refractivity contribution is 5.30. The van der Waals surface area contributed by atoms with Crippen molar-refractivity contribution in [3.8, 4) is 0 Å². The minimum absolute atomic E-state index is 0.0788. The molecule has 0 fully saturated rings. The standard InChI is InChI=1S/C15H20N2O/c1-4-7-16-8-9-17(15(16)18)11-14-6-5-12(2)13(3)10-14/h5-6,8-10H,4,7,11H2,1-3H3. The van der Waals surface area contributed by atoms with Crippen LogP contribution < -0.4 is 5.69 Å². The molecule has 3 nitrogen and oxygen atoms in total. The summed E-state index contributed by atoms with van der Waals surface area (Å²) < 4.78 is 3.53. The van der Waals surface area contributed by atoms with Crippen LogP contribution in [0.25, 0.3) is 0 Å². The molecule has 18 heavy (non-hydrogen) atoms. The Bertz CT molecular complexity index is 593. The maximum absolute atomic E-state index is 12.0. The first kappa shape index (κ1) is 12.7. The Labute approximate surface area is 108 Å². The molecule has 2 aromatic rings. The fourth-order valence-corrected chi connectivity index (χ4v) is 2.08. The molecule has 2 rings (SSSR count). The zero-order chi connectivity index (χ0) is 13.1. The lowest BCUT2D eigenvalue weighted by Gasteiger charge is -2.05. The first-order valence-electron chi connectivity index (χ1n) is 6.43. The van der Waals surface area contributed by atoms with Crippen molar-refractivity contribution in [1.82, 2.24) is 9.13 Å². The Kier molecular flexibility index (Phi) is 3.70. The van der Waals surface area contributed by atoms with Crippen molar-refractivity contribution in [3.05, 3.63) is 57.8 Å². The molecule has 0 N–H and O–H groups in total. The maximum Gasteiger partial charge on any atom is 0.328 e. The molecule has 0 saturated carbocycles. The van der Waals surface area contributed by atoms with Crippen molar-refractivity contribution in [1.29, 1.82) is 0 Å². The van der Waals surface area contributed by atoms with Crippen molar-refractivity contribution < 1.29 is 0 Å². The molecule has 0 bridgehead atoms. The van der Waals surface area contributed by atoms with E-state index in [1.807, 2.05) is 12.4 Å². The smallest absolute Gasteiger partial charge is 0.299 e. The van der Waals surface area contributed by atoms with E-state index in [1.165, 1.54) is 16.7 Å². The minimum Gasteiger partial charge on any atom is -0.299 e. The van der Waals surface area contributed by atoms with Crippen molar-refractivity contribution in [2.75, 3.05) is 0 Å². The molecule has 0 amide bonds. The number of nitrogens with zero attached hydrogens (tertiary/aromatic N) is 2. The first-order valence-corrected chi connectivity index (χ1v) is 6.43. The van der Waals surface area contributed by atoms with Gasteiger partial charge in [-0.3, -0.25) is 9.13 Å². The molecule has 0 unspecified atom stereocenters. The summed E-state index contributed by atoms with van der Waals surface area (Å²) in [6.45, 7) is 7.72. The quantitative estimate of drug-likeness (QED) is 0.812. The molecule has 1 aromatic heterocycles. The molecule has 0 aliphatic heterocycles. The molecule has 0 aliphatic rings. The average molecular weight is 244 g/mol. The minimum atomic E-state index is 0.0788. The molecule has 0 radical (unpaired) electrons. The Morgan fingerprint density at radius 1 is 1.06 bits per heavy atom. The van der Waals surface area contributed by atoms with Crippen molar-refractivity contribution in [3.63, 3.8) is 0 Å². The number of benzene rings is 1. The molecule has 0 saturated heterocycles. The van der Waals surface area contributed by atoms with E-state index in [1.54, 1.807) is 9.13 Å². The zero-order valence-corrected chi connectivity index (χ0v) is 11.3. The normalized spacial score (nSPS) is 10.8. The second-order valence-electron chi connectivity index (χ2n) is 4.82. The van der Waals surface area contributed by atoms with Crippen LogP contribution in [0.1, 0.15) is 30.0 Å². The first-order chi connectivity index (χ1) is 8.61. The number of aromatic nitrogens is 2. The number of hydrogen-bond acceptors (Lipinski definition) is 1. The fraction of sp³-hybridized carbons (Fsp3) is 0.400. The Morgan fingerprint density at radius 2 is 1.78 bits per heavy atom. The SMILES string of the molecule is CCCn1ccn(Cc2ccc(C)c(C)c2)c1=O. The van der Waals surface area contributed by atoms with Gasteiger partial charge in [-0.2, -0.15) is 0 Å². The summed E-state index contributed by atoms with van der Waals surface area (Å²) in [6.07, 6.45) is 4.72. The van der Waals surface area contributed by atoms with Crippen LogP contribution in [-0.2, 0) is 13.1 Å². The van der Waals surface area contributed by atoms with Gasteiger partial charge in [0.05, 0.1) is 6.54 Å². The molecule has 0 aliphatic carbocycles. The molecule has 0 spiro atoms. The van der Waals surface area contributed by atoms with E-state index in [-0.39, 0.29) is 5.69 Å². The van der Waals surface area contributed by atoms with Gasteiger partial charge in [0.25, 0.3) is 0 Å². The van der Waals surface area contributed by atoms with Crippen LogP contribution in [0.15, 0.2) is 35.4 Å². The lowest BCUT2D eigenvalue weighted by atomic mass is 10.1. The van der Waals surface area contributed by atoms with Crippen molar-refractivity contribution in [2.24, 2.45) is 0 Å². The number of imidazole rings is 1. The van der Waals surface area contributed by atoms with Gasteiger partial charge in [0.15, 0.2) is 0 Å². The van der Waals surface area contributed by atoms with Crippen LogP contribution in [0, 0.1) is 13.8 Å². The summed E-state index contributed by atoms with van der Waals surface area (Å²) in [7, 11) is 0. The summed E-state index contributed by atoms with van der Waals surface area (Å²) in [6, 6.07) is 6.35. The molecule has 3 heteroatoms. The van der Waals surface area contributed by atoms with Gasteiger partial charge in [-0.15, -0.1) is 0 Å². The average Bonchev–Trinajstić information content (AvgIpc) is 2.67. The van der Waals surface area contributed by atoms with E-state index in [0.717, 1.165) is 13.0 Å². The predicted molar refractivity (Wildman–Crippen MR) is 74.0 cm³/mol. The third-order valence-corrected chi connectivity index (χ3v) is 3.31. The second-order valence-corrected chi connectivity index (χ2v) is 4.82. The van der Waals surface area contributed by atoms with E-state index >= 15 is 0 Å². The summed E-state index contributed by atoms with van der Waals surface area (Å²) in [5.74, 6) is 0. The number of hydrogen-bond donors (Lipinski definition) is 0. The molecular weight excluding hydrogens is 224 g/mol. The van der Waals surface area contributed by atoms with Gasteiger partial charge in [0, 0.05) is 18.9 Å². The van der Waals surface area contributed by atoms with Crippen LogP contribution in [0.2, 0.25) is 0 Å². The predicted octanol–water partition coefficient (Wildman–Crippen LogP) is 2.72. The fourth-order valence-electron chi connectivity index (χ4n) is 2.08. The summed E-state index contributed by atoms with van der Waals surface area (Å²) in [4.78, 5) is 12.0. The van der Waals surface area contributed by atoms with E-state index in [4.69, 9.17) is 0 Å². The van der Waals surface area contributed by atoms with Crippen molar-refractivity contribution in [2.45, 2.75) is 40.3 Å². The van der Waals surface area contributed by atoms with Crippen LogP contribution >= 0.6 is 0 Å². The Hall–Kier alpha value is -1.77. The highest BCUT2D eigenvalue weighted by atomic mass is 16.1. The second kappa shape index (κ2) is 5.25. The van der Waals surface area contributed by atoms with Crippen molar-refractivity contribution >= 4 is 0 Å². The molecule has 96 valence electrons. The summed E-state index contributed by atoms with van der Waals surface area (Å²) >= 11 is 0. The van der Waals surface area contributed by atoms with Crippen LogP contribution in [0.4, 0.5) is 0 Å². The molecule has 1 heterocycles. The Balaban J connectivity index is 2.23. The van der Waals surface area contributed by atoms with Crippen LogP contribution in [0.3, 0.4) is 0 Å². The van der Waals surface area contributed by atoms with E-state index < -0.39 is 0 Å². The topological polar surface area (TPSA) is 26.9 Å². The summed E-state index contributed by atoms with van der Waals surface area (Å²) in [5.41, 5.74) is 3.81. The summed E-state index contributed by atoms with van der Waals surface area (Å²) in [5, 5.41) is 0. The lowest BCUT2D eigenvalue weighted by molar-refractivity contribution is 0.624. The molecule has 0 atom stereocenters. The van der Waals surface area contributed by atoms with Gasteiger partial charge in [0.2, 0.25) is 0 Å². The van der Waals surface area contributed by atoms with Gasteiger partial charge < -0.3 is 0 Å². The number of rotatable bonds is 4. The molecule has 1 aromatic carbocycles. The zero-order valence-electron chi connectivity index (χ0n) is 11.3. The van der Waals surface area contributed by atoms with E-state index in [2.05, 4.69) is 39.0 Å². The largest absolute Gasteiger partial charge is 0.328 e.